The summed E-state index contributed by atoms with van der Waals surface area (Å²) in [5.74, 6) is -0.512. The van der Waals surface area contributed by atoms with Crippen LogP contribution in [0, 0.1) is 18.3 Å². The molecule has 0 aliphatic heterocycles. The van der Waals surface area contributed by atoms with E-state index < -0.39 is 0 Å². The fourth-order valence-electron chi connectivity index (χ4n) is 2.95. The smallest absolute Gasteiger partial charge is 0.295 e. The minimum absolute atomic E-state index is 0.0277. The van der Waals surface area contributed by atoms with Gasteiger partial charge in [-0.1, -0.05) is 18.2 Å². The van der Waals surface area contributed by atoms with Crippen LogP contribution in [-0.2, 0) is 16.6 Å². The molecule has 2 N–H and O–H groups in total. The second-order valence-corrected chi connectivity index (χ2v) is 7.70. The number of carbonyl (C=O) groups excluding carboxylic acids is 2. The van der Waals surface area contributed by atoms with Crippen LogP contribution in [0.3, 0.4) is 0 Å². The topological polar surface area (TPSA) is 109 Å². The van der Waals surface area contributed by atoms with Gasteiger partial charge in [-0.2, -0.15) is 5.26 Å². The van der Waals surface area contributed by atoms with Gasteiger partial charge in [0.2, 0.25) is 11.8 Å². The van der Waals surface area contributed by atoms with Crippen LogP contribution in [0.5, 0.6) is 0 Å². The van der Waals surface area contributed by atoms with Gasteiger partial charge in [-0.25, -0.2) is 4.68 Å². The lowest BCUT2D eigenvalue weighted by Crippen LogP contribution is -2.24. The molecule has 0 fully saturated rings. The minimum atomic E-state index is -0.359. The van der Waals surface area contributed by atoms with Crippen molar-refractivity contribution in [2.45, 2.75) is 6.92 Å². The first kappa shape index (κ1) is 21.9. The summed E-state index contributed by atoms with van der Waals surface area (Å²) in [4.78, 5) is 37.2. The Hall–Kier alpha value is -3.77. The molecule has 1 heterocycles. The predicted octanol–water partition coefficient (Wildman–Crippen LogP) is 2.67. The fraction of sp³-hybridized carbons (Fsp3) is 0.182. The first-order valence-corrected chi connectivity index (χ1v) is 10.6. The molecular weight excluding hydrogens is 414 g/mol. The summed E-state index contributed by atoms with van der Waals surface area (Å²) in [5, 5.41) is 14.2. The minimum Gasteiger partial charge on any atom is -0.325 e. The number of thioether (sulfide) groups is 1. The zero-order chi connectivity index (χ0) is 22.4. The highest BCUT2D eigenvalue weighted by Gasteiger charge is 2.18. The number of nitrogens with zero attached hydrogens (tertiary/aromatic N) is 3. The van der Waals surface area contributed by atoms with E-state index in [0.29, 0.717) is 22.6 Å². The van der Waals surface area contributed by atoms with Crippen molar-refractivity contribution < 1.29 is 9.59 Å². The van der Waals surface area contributed by atoms with Gasteiger partial charge in [-0.15, -0.1) is 11.8 Å². The highest BCUT2D eigenvalue weighted by Crippen LogP contribution is 2.15. The number of carbonyl (C=O) groups is 2. The number of rotatable bonds is 7. The van der Waals surface area contributed by atoms with E-state index in [1.165, 1.54) is 4.68 Å². The van der Waals surface area contributed by atoms with Crippen molar-refractivity contribution in [1.82, 2.24) is 9.36 Å². The van der Waals surface area contributed by atoms with Crippen molar-refractivity contribution in [2.75, 3.05) is 22.1 Å². The Bertz CT molecular complexity index is 1190. The van der Waals surface area contributed by atoms with Crippen LogP contribution in [0.2, 0.25) is 0 Å². The molecule has 0 atom stereocenters. The zero-order valence-corrected chi connectivity index (χ0v) is 17.9. The highest BCUT2D eigenvalue weighted by molar-refractivity contribution is 8.00. The number of para-hydroxylation sites is 1. The van der Waals surface area contributed by atoms with E-state index in [4.69, 9.17) is 5.26 Å². The third kappa shape index (κ3) is 5.24. The van der Waals surface area contributed by atoms with Crippen LogP contribution in [0.4, 0.5) is 11.4 Å². The number of benzene rings is 2. The maximum atomic E-state index is 12.8. The summed E-state index contributed by atoms with van der Waals surface area (Å²) in [6.45, 7) is 1.76. The molecule has 3 rings (SSSR count). The van der Waals surface area contributed by atoms with E-state index >= 15 is 0 Å². The number of amides is 2. The van der Waals surface area contributed by atoms with Gasteiger partial charge in [0, 0.05) is 12.7 Å². The van der Waals surface area contributed by atoms with E-state index in [1.807, 2.05) is 36.4 Å². The van der Waals surface area contributed by atoms with Crippen LogP contribution in [0.15, 0.2) is 59.4 Å². The maximum Gasteiger partial charge on any atom is 0.295 e. The third-order valence-electron chi connectivity index (χ3n) is 4.58. The SMILES string of the molecule is Cc1c(NC(=O)CSCC(=O)Nc2ccc(C#N)cc2)c(=O)n(-c2ccccc2)n1C. The summed E-state index contributed by atoms with van der Waals surface area (Å²) in [7, 11) is 1.75. The van der Waals surface area contributed by atoms with Gasteiger partial charge in [0.1, 0.15) is 5.69 Å². The van der Waals surface area contributed by atoms with Gasteiger partial charge in [0.25, 0.3) is 5.56 Å². The van der Waals surface area contributed by atoms with E-state index in [2.05, 4.69) is 10.6 Å². The zero-order valence-electron chi connectivity index (χ0n) is 17.1. The summed E-state index contributed by atoms with van der Waals surface area (Å²) < 4.78 is 3.18. The molecule has 0 unspecified atom stereocenters. The van der Waals surface area contributed by atoms with Crippen molar-refractivity contribution >= 4 is 35.0 Å². The van der Waals surface area contributed by atoms with Crippen molar-refractivity contribution in [3.05, 3.63) is 76.2 Å². The maximum absolute atomic E-state index is 12.8. The van der Waals surface area contributed by atoms with E-state index in [1.54, 1.807) is 42.9 Å². The van der Waals surface area contributed by atoms with Crippen molar-refractivity contribution in [3.63, 3.8) is 0 Å². The Morgan fingerprint density at radius 1 is 1.00 bits per heavy atom. The standard InChI is InChI=1S/C22H21N5O3S/c1-15-21(22(30)27(26(15)2)18-6-4-3-5-7-18)25-20(29)14-31-13-19(28)24-17-10-8-16(12-23)9-11-17/h3-11H,13-14H2,1-2H3,(H,24,28)(H,25,29). The van der Waals surface area contributed by atoms with E-state index in [9.17, 15) is 14.4 Å². The molecule has 31 heavy (non-hydrogen) atoms. The van der Waals surface area contributed by atoms with Gasteiger partial charge in [0.05, 0.1) is 34.5 Å². The van der Waals surface area contributed by atoms with E-state index in [-0.39, 0.29) is 34.6 Å². The molecule has 0 radical (unpaired) electrons. The average Bonchev–Trinajstić information content (AvgIpc) is 2.98. The Balaban J connectivity index is 1.56. The molecule has 2 amide bonds. The lowest BCUT2D eigenvalue weighted by molar-refractivity contribution is -0.114. The Morgan fingerprint density at radius 3 is 2.23 bits per heavy atom. The molecule has 2 aromatic carbocycles. The first-order valence-electron chi connectivity index (χ1n) is 9.42. The number of hydrogen-bond acceptors (Lipinski definition) is 5. The normalized spacial score (nSPS) is 10.4. The van der Waals surface area contributed by atoms with Crippen molar-refractivity contribution in [3.8, 4) is 11.8 Å². The molecule has 0 aliphatic rings. The molecule has 0 saturated heterocycles. The molecular formula is C22H21N5O3S. The lowest BCUT2D eigenvalue weighted by atomic mass is 10.2. The largest absolute Gasteiger partial charge is 0.325 e. The van der Waals surface area contributed by atoms with Gasteiger partial charge in [-0.3, -0.25) is 19.1 Å². The molecule has 8 nitrogen and oxygen atoms in total. The summed E-state index contributed by atoms with van der Waals surface area (Å²) in [6, 6.07) is 17.7. The van der Waals surface area contributed by atoms with Gasteiger partial charge < -0.3 is 10.6 Å². The quantitative estimate of drug-likeness (QED) is 0.593. The second-order valence-electron chi connectivity index (χ2n) is 6.71. The molecule has 158 valence electrons. The van der Waals surface area contributed by atoms with Crippen LogP contribution in [0.25, 0.3) is 5.69 Å². The fourth-order valence-corrected chi connectivity index (χ4v) is 3.57. The first-order chi connectivity index (χ1) is 14.9. The van der Waals surface area contributed by atoms with Crippen molar-refractivity contribution in [2.24, 2.45) is 7.05 Å². The van der Waals surface area contributed by atoms with Crippen LogP contribution in [-0.4, -0.2) is 32.7 Å². The molecule has 3 aromatic rings. The number of aromatic nitrogens is 2. The second kappa shape index (κ2) is 9.82. The molecule has 0 bridgehead atoms. The number of nitriles is 1. The van der Waals surface area contributed by atoms with Gasteiger partial charge in [0.15, 0.2) is 0 Å². The Kier molecular flexibility index (Phi) is 6.95. The van der Waals surface area contributed by atoms with Crippen LogP contribution < -0.4 is 16.2 Å². The van der Waals surface area contributed by atoms with E-state index in [0.717, 1.165) is 11.8 Å². The number of hydrogen-bond donors (Lipinski definition) is 2. The monoisotopic (exact) mass is 435 g/mol. The molecule has 0 spiro atoms. The van der Waals surface area contributed by atoms with Gasteiger partial charge >= 0.3 is 0 Å². The highest BCUT2D eigenvalue weighted by atomic mass is 32.2. The van der Waals surface area contributed by atoms with Gasteiger partial charge in [-0.05, 0) is 43.3 Å². The Labute approximate surface area is 183 Å². The molecule has 0 saturated carbocycles. The third-order valence-corrected chi connectivity index (χ3v) is 5.52. The summed E-state index contributed by atoms with van der Waals surface area (Å²) in [5.41, 5.74) is 2.32. The molecule has 1 aromatic heterocycles. The molecule has 9 heteroatoms. The lowest BCUT2D eigenvalue weighted by Gasteiger charge is -2.07. The Morgan fingerprint density at radius 2 is 1.61 bits per heavy atom. The predicted molar refractivity (Wildman–Crippen MR) is 121 cm³/mol. The summed E-state index contributed by atoms with van der Waals surface area (Å²) >= 11 is 1.14. The summed E-state index contributed by atoms with van der Waals surface area (Å²) in [6.07, 6.45) is 0. The van der Waals surface area contributed by atoms with Crippen LogP contribution >= 0.6 is 11.8 Å². The average molecular weight is 436 g/mol. The van der Waals surface area contributed by atoms with Crippen molar-refractivity contribution in [1.29, 1.82) is 5.26 Å². The van der Waals surface area contributed by atoms with Crippen LogP contribution in [0.1, 0.15) is 11.3 Å². The number of anilines is 2. The number of nitrogens with one attached hydrogen (secondary N) is 2. The molecule has 0 aliphatic carbocycles.